The summed E-state index contributed by atoms with van der Waals surface area (Å²) in [5.74, 6) is -1.05. The molecule has 0 amide bonds. The van der Waals surface area contributed by atoms with E-state index in [1.54, 1.807) is 13.8 Å². The van der Waals surface area contributed by atoms with Gasteiger partial charge in [0.2, 0.25) is 5.71 Å². The molecule has 0 radical (unpaired) electrons. The number of anilines is 1. The van der Waals surface area contributed by atoms with Crippen LogP contribution >= 0.6 is 19.2 Å². The lowest BCUT2D eigenvalue weighted by Gasteiger charge is -2.15. The number of nitrogen functional groups attached to an aromatic ring is 1. The minimum atomic E-state index is -4.01. The molecule has 9 nitrogen and oxygen atoms in total. The predicted molar refractivity (Wildman–Crippen MR) is 77.0 cm³/mol. The number of aromatic nitrogens is 1. The van der Waals surface area contributed by atoms with E-state index in [-0.39, 0.29) is 29.8 Å². The molecule has 118 valence electrons. The fraction of sp³-hybridized carbons (Fsp3) is 0.500. The Hall–Kier alpha value is -1.48. The van der Waals surface area contributed by atoms with E-state index in [1.807, 2.05) is 0 Å². The van der Waals surface area contributed by atoms with E-state index in [1.165, 1.54) is 12.5 Å². The number of hydrogen-bond acceptors (Lipinski definition) is 10. The van der Waals surface area contributed by atoms with Crippen molar-refractivity contribution in [2.24, 2.45) is 5.16 Å². The zero-order chi connectivity index (χ0) is 15.9. The van der Waals surface area contributed by atoms with Gasteiger partial charge in [0.25, 0.3) is 0 Å². The maximum Gasteiger partial charge on any atom is 0.532 e. The van der Waals surface area contributed by atoms with Crippen LogP contribution in [0.5, 0.6) is 0 Å². The van der Waals surface area contributed by atoms with Crippen LogP contribution in [0.15, 0.2) is 10.5 Å². The van der Waals surface area contributed by atoms with Gasteiger partial charge in [-0.1, -0.05) is 5.16 Å². The Balaban J connectivity index is 2.97. The maximum absolute atomic E-state index is 12.1. The van der Waals surface area contributed by atoms with Gasteiger partial charge in [0.1, 0.15) is 12.8 Å². The summed E-state index contributed by atoms with van der Waals surface area (Å²) in [6.07, 6.45) is 0. The quantitative estimate of drug-likeness (QED) is 0.433. The average Bonchev–Trinajstić information content (AvgIpc) is 2.82. The second-order valence-electron chi connectivity index (χ2n) is 3.35. The molecule has 1 aromatic heterocycles. The smallest absolute Gasteiger partial charge is 0.398 e. The van der Waals surface area contributed by atoms with Crippen LogP contribution in [0, 0.1) is 0 Å². The summed E-state index contributed by atoms with van der Waals surface area (Å²) >= 11 is 1.11. The lowest BCUT2D eigenvalue weighted by molar-refractivity contribution is -0.128. The maximum atomic E-state index is 12.1. The van der Waals surface area contributed by atoms with Crippen LogP contribution in [-0.2, 0) is 27.8 Å². The van der Waals surface area contributed by atoms with E-state index in [9.17, 15) is 9.36 Å². The number of oxime groups is 1. The number of carbonyl (C=O) groups excluding carboxylic acids is 1. The van der Waals surface area contributed by atoms with Gasteiger partial charge in [0, 0.05) is 5.38 Å². The van der Waals surface area contributed by atoms with E-state index < -0.39 is 13.8 Å². The largest absolute Gasteiger partial charge is 0.532 e. The number of nitrogens with two attached hydrogens (primary N) is 1. The van der Waals surface area contributed by atoms with Crippen LogP contribution in [-0.4, -0.2) is 37.0 Å². The van der Waals surface area contributed by atoms with Crippen molar-refractivity contribution in [3.63, 3.8) is 0 Å². The van der Waals surface area contributed by atoms with Gasteiger partial charge >= 0.3 is 13.8 Å². The molecule has 1 heterocycles. The molecular formula is C10H16N3O6PS. The van der Waals surface area contributed by atoms with Crippen molar-refractivity contribution >= 4 is 36.0 Å². The summed E-state index contributed by atoms with van der Waals surface area (Å²) in [4.78, 5) is 20.5. The SMILES string of the molecule is CCOP(=O)(OCC)OC(=O)C(=NOC)c1csc(N)n1. The van der Waals surface area contributed by atoms with E-state index in [4.69, 9.17) is 19.3 Å². The Bertz CT molecular complexity index is 551. The molecule has 0 unspecified atom stereocenters. The normalized spacial score (nSPS) is 12.2. The molecule has 0 aliphatic rings. The monoisotopic (exact) mass is 337 g/mol. The van der Waals surface area contributed by atoms with Crippen LogP contribution in [0.2, 0.25) is 0 Å². The molecule has 21 heavy (non-hydrogen) atoms. The topological polar surface area (TPSA) is 122 Å². The fourth-order valence-electron chi connectivity index (χ4n) is 1.23. The van der Waals surface area contributed by atoms with Gasteiger partial charge < -0.3 is 15.1 Å². The third kappa shape index (κ3) is 5.09. The van der Waals surface area contributed by atoms with Gasteiger partial charge in [-0.15, -0.1) is 11.3 Å². The third-order valence-corrected chi connectivity index (χ3v) is 4.12. The number of phosphoric ester groups is 1. The van der Waals surface area contributed by atoms with Crippen LogP contribution in [0.3, 0.4) is 0 Å². The molecule has 11 heteroatoms. The number of hydrogen-bond donors (Lipinski definition) is 1. The van der Waals surface area contributed by atoms with Gasteiger partial charge in [0.05, 0.1) is 13.2 Å². The lowest BCUT2D eigenvalue weighted by atomic mass is 10.3. The molecule has 1 aromatic rings. The molecule has 0 aromatic carbocycles. The Morgan fingerprint density at radius 2 is 2.05 bits per heavy atom. The van der Waals surface area contributed by atoms with E-state index in [0.29, 0.717) is 0 Å². The fourth-order valence-corrected chi connectivity index (χ4v) is 2.88. The third-order valence-electron chi connectivity index (χ3n) is 1.91. The van der Waals surface area contributed by atoms with Crippen molar-refractivity contribution in [1.82, 2.24) is 4.98 Å². The summed E-state index contributed by atoms with van der Waals surface area (Å²) in [6, 6.07) is 0. The first-order valence-corrected chi connectivity index (χ1v) is 8.25. The van der Waals surface area contributed by atoms with Crippen LogP contribution in [0.25, 0.3) is 0 Å². The van der Waals surface area contributed by atoms with Crippen molar-refractivity contribution in [2.45, 2.75) is 13.8 Å². The van der Waals surface area contributed by atoms with Gasteiger partial charge in [-0.3, -0.25) is 9.05 Å². The molecule has 0 spiro atoms. The van der Waals surface area contributed by atoms with Crippen molar-refractivity contribution in [2.75, 3.05) is 26.1 Å². The Morgan fingerprint density at radius 1 is 1.43 bits per heavy atom. The first kappa shape index (κ1) is 17.6. The first-order chi connectivity index (χ1) is 9.95. The highest BCUT2D eigenvalue weighted by Crippen LogP contribution is 2.49. The molecule has 0 aliphatic carbocycles. The van der Waals surface area contributed by atoms with Gasteiger partial charge in [-0.25, -0.2) is 14.3 Å². The number of carbonyl (C=O) groups is 1. The summed E-state index contributed by atoms with van der Waals surface area (Å²) in [5.41, 5.74) is 5.35. The molecule has 0 atom stereocenters. The van der Waals surface area contributed by atoms with Crippen LogP contribution in [0.4, 0.5) is 5.13 Å². The summed E-state index contributed by atoms with van der Waals surface area (Å²) in [6.45, 7) is 3.27. The number of phosphoric acid groups is 1. The zero-order valence-electron chi connectivity index (χ0n) is 11.8. The Kier molecular flexibility index (Phi) is 6.76. The highest BCUT2D eigenvalue weighted by molar-refractivity contribution is 7.49. The van der Waals surface area contributed by atoms with Gasteiger partial charge in [-0.05, 0) is 13.8 Å². The lowest BCUT2D eigenvalue weighted by Crippen LogP contribution is -2.20. The van der Waals surface area contributed by atoms with E-state index in [0.717, 1.165) is 11.3 Å². The van der Waals surface area contributed by atoms with Crippen molar-refractivity contribution in [3.05, 3.63) is 11.1 Å². The highest BCUT2D eigenvalue weighted by Gasteiger charge is 2.33. The minimum absolute atomic E-state index is 0.0466. The van der Waals surface area contributed by atoms with Crippen LogP contribution < -0.4 is 5.73 Å². The predicted octanol–water partition coefficient (Wildman–Crippen LogP) is 1.80. The summed E-state index contributed by atoms with van der Waals surface area (Å²) in [5, 5.41) is 5.23. The summed E-state index contributed by atoms with van der Waals surface area (Å²) in [7, 11) is -2.76. The zero-order valence-corrected chi connectivity index (χ0v) is 13.5. The summed E-state index contributed by atoms with van der Waals surface area (Å²) < 4.78 is 26.6. The van der Waals surface area contributed by atoms with Crippen molar-refractivity contribution in [1.29, 1.82) is 0 Å². The Labute approximate surface area is 125 Å². The van der Waals surface area contributed by atoms with E-state index in [2.05, 4.69) is 15.0 Å². The molecule has 2 N–H and O–H groups in total. The van der Waals surface area contributed by atoms with Crippen molar-refractivity contribution in [3.8, 4) is 0 Å². The number of nitrogens with zero attached hydrogens (tertiary/aromatic N) is 2. The second-order valence-corrected chi connectivity index (χ2v) is 5.84. The second kappa shape index (κ2) is 8.08. The molecule has 0 saturated heterocycles. The van der Waals surface area contributed by atoms with Gasteiger partial charge in [-0.2, -0.15) is 0 Å². The Morgan fingerprint density at radius 3 is 2.48 bits per heavy atom. The number of thiazole rings is 1. The highest BCUT2D eigenvalue weighted by atomic mass is 32.1. The molecule has 0 aliphatic heterocycles. The molecule has 0 saturated carbocycles. The minimum Gasteiger partial charge on any atom is -0.398 e. The molecule has 0 fully saturated rings. The van der Waals surface area contributed by atoms with E-state index >= 15 is 0 Å². The average molecular weight is 337 g/mol. The molecule has 1 rings (SSSR count). The van der Waals surface area contributed by atoms with Crippen molar-refractivity contribution < 1.29 is 27.8 Å². The molecule has 0 bridgehead atoms. The first-order valence-electron chi connectivity index (χ1n) is 5.91. The molecular weight excluding hydrogens is 321 g/mol. The standard InChI is InChI=1S/C10H16N3O6PS/c1-4-17-20(15,18-5-2)19-9(14)8(13-16-3)7-6-21-10(11)12-7/h6H,4-5H2,1-3H3,(H2,11,12). The van der Waals surface area contributed by atoms with Gasteiger partial charge in [0.15, 0.2) is 5.13 Å². The van der Waals surface area contributed by atoms with Crippen LogP contribution in [0.1, 0.15) is 19.5 Å². The number of rotatable bonds is 8.